The topological polar surface area (TPSA) is 94.3 Å². The Hall–Kier alpha value is -1.59. The van der Waals surface area contributed by atoms with Gasteiger partial charge in [0.1, 0.15) is 5.71 Å². The highest BCUT2D eigenvalue weighted by atomic mass is 16.4. The average molecular weight is 143 g/mol. The highest BCUT2D eigenvalue weighted by Crippen LogP contribution is 1.91. The SMILES string of the molecule is O=C1NCC(=N/O)/C1=N\O. The van der Waals surface area contributed by atoms with Crippen molar-refractivity contribution < 1.29 is 15.2 Å². The van der Waals surface area contributed by atoms with Crippen LogP contribution < -0.4 is 5.32 Å². The molecule has 1 heterocycles. The Morgan fingerprint density at radius 3 is 2.50 bits per heavy atom. The van der Waals surface area contributed by atoms with Gasteiger partial charge < -0.3 is 15.7 Å². The lowest BCUT2D eigenvalue weighted by molar-refractivity contribution is -0.114. The maximum absolute atomic E-state index is 10.6. The highest BCUT2D eigenvalue weighted by molar-refractivity contribution is 6.70. The van der Waals surface area contributed by atoms with Crippen molar-refractivity contribution in [3.8, 4) is 0 Å². The van der Waals surface area contributed by atoms with Gasteiger partial charge in [-0.1, -0.05) is 10.3 Å². The lowest BCUT2D eigenvalue weighted by Crippen LogP contribution is -2.19. The first kappa shape index (κ1) is 6.53. The Bertz CT molecular complexity index is 220. The molecule has 3 N–H and O–H groups in total. The van der Waals surface area contributed by atoms with Crippen LogP contribution in [0.15, 0.2) is 10.3 Å². The average Bonchev–Trinajstić information content (AvgIpc) is 2.30. The number of hydrogen-bond donors (Lipinski definition) is 3. The van der Waals surface area contributed by atoms with Crippen LogP contribution in [0.4, 0.5) is 0 Å². The number of nitrogens with zero attached hydrogens (tertiary/aromatic N) is 2. The van der Waals surface area contributed by atoms with Gasteiger partial charge in [-0.3, -0.25) is 4.79 Å². The van der Waals surface area contributed by atoms with Crippen molar-refractivity contribution in [2.45, 2.75) is 0 Å². The first-order chi connectivity index (χ1) is 4.79. The summed E-state index contributed by atoms with van der Waals surface area (Å²) in [4.78, 5) is 10.6. The summed E-state index contributed by atoms with van der Waals surface area (Å²) in [5.41, 5.74) is -0.185. The van der Waals surface area contributed by atoms with Crippen LogP contribution in [-0.4, -0.2) is 34.3 Å². The molecule has 6 nitrogen and oxygen atoms in total. The molecule has 0 aromatic carbocycles. The fourth-order valence-corrected chi connectivity index (χ4v) is 0.648. The molecule has 0 bridgehead atoms. The minimum atomic E-state index is -0.532. The summed E-state index contributed by atoms with van der Waals surface area (Å²) < 4.78 is 0. The van der Waals surface area contributed by atoms with E-state index >= 15 is 0 Å². The summed E-state index contributed by atoms with van der Waals surface area (Å²) in [6.07, 6.45) is 0. The molecule has 0 saturated carbocycles. The zero-order chi connectivity index (χ0) is 7.56. The molecule has 1 rings (SSSR count). The number of amides is 1. The minimum Gasteiger partial charge on any atom is -0.411 e. The van der Waals surface area contributed by atoms with Crippen LogP contribution >= 0.6 is 0 Å². The Morgan fingerprint density at radius 2 is 2.10 bits per heavy atom. The molecule has 1 fully saturated rings. The van der Waals surface area contributed by atoms with E-state index in [0.29, 0.717) is 0 Å². The van der Waals surface area contributed by atoms with E-state index < -0.39 is 5.91 Å². The third kappa shape index (κ3) is 0.790. The van der Waals surface area contributed by atoms with E-state index in [1.54, 1.807) is 0 Å². The highest BCUT2D eigenvalue weighted by Gasteiger charge is 2.26. The smallest absolute Gasteiger partial charge is 0.275 e. The maximum atomic E-state index is 10.6. The van der Waals surface area contributed by atoms with Gasteiger partial charge in [0.05, 0.1) is 6.54 Å². The Labute approximate surface area is 55.8 Å². The second-order valence-electron chi connectivity index (χ2n) is 1.68. The number of nitrogens with one attached hydrogen (secondary N) is 1. The summed E-state index contributed by atoms with van der Waals surface area (Å²) in [6, 6.07) is 0. The predicted octanol–water partition coefficient (Wildman–Crippen LogP) is -1.22. The van der Waals surface area contributed by atoms with E-state index in [1.807, 2.05) is 0 Å². The van der Waals surface area contributed by atoms with Gasteiger partial charge in [0.25, 0.3) is 5.91 Å². The quantitative estimate of drug-likeness (QED) is 0.293. The number of oxime groups is 2. The number of rotatable bonds is 0. The van der Waals surface area contributed by atoms with Crippen LogP contribution in [0.5, 0.6) is 0 Å². The van der Waals surface area contributed by atoms with E-state index in [0.717, 1.165) is 0 Å². The van der Waals surface area contributed by atoms with E-state index in [1.165, 1.54) is 0 Å². The Kier molecular flexibility index (Phi) is 1.53. The zero-order valence-corrected chi connectivity index (χ0v) is 4.90. The Balaban J connectivity index is 2.95. The van der Waals surface area contributed by atoms with Crippen molar-refractivity contribution in [3.63, 3.8) is 0 Å². The fraction of sp³-hybridized carbons (Fsp3) is 0.250. The van der Waals surface area contributed by atoms with Gasteiger partial charge in [-0.05, 0) is 0 Å². The van der Waals surface area contributed by atoms with Crippen LogP contribution in [0.2, 0.25) is 0 Å². The number of hydrogen-bond acceptors (Lipinski definition) is 5. The molecular weight excluding hydrogens is 138 g/mol. The largest absolute Gasteiger partial charge is 0.411 e. The van der Waals surface area contributed by atoms with Crippen molar-refractivity contribution in [2.75, 3.05) is 6.54 Å². The summed E-state index contributed by atoms with van der Waals surface area (Å²) in [7, 11) is 0. The fourth-order valence-electron chi connectivity index (χ4n) is 0.648. The predicted molar refractivity (Wildman–Crippen MR) is 31.5 cm³/mol. The van der Waals surface area contributed by atoms with Crippen molar-refractivity contribution in [3.05, 3.63) is 0 Å². The zero-order valence-electron chi connectivity index (χ0n) is 4.90. The summed E-state index contributed by atoms with van der Waals surface area (Å²) in [6.45, 7) is 0.106. The first-order valence-electron chi connectivity index (χ1n) is 2.51. The van der Waals surface area contributed by atoms with E-state index in [9.17, 15) is 4.79 Å². The third-order valence-corrected chi connectivity index (χ3v) is 1.13. The summed E-state index contributed by atoms with van der Waals surface area (Å²) in [5.74, 6) is -0.532. The van der Waals surface area contributed by atoms with Crippen molar-refractivity contribution in [1.29, 1.82) is 0 Å². The molecule has 6 heteroatoms. The maximum Gasteiger partial charge on any atom is 0.275 e. The molecule has 0 spiro atoms. The van der Waals surface area contributed by atoms with E-state index in [-0.39, 0.29) is 18.0 Å². The normalized spacial score (nSPS) is 25.8. The molecule has 1 saturated heterocycles. The molecular formula is C4H5N3O3. The van der Waals surface area contributed by atoms with Crippen LogP contribution in [0.1, 0.15) is 0 Å². The molecule has 10 heavy (non-hydrogen) atoms. The molecule has 1 aliphatic heterocycles. The van der Waals surface area contributed by atoms with Gasteiger partial charge in [-0.25, -0.2) is 0 Å². The Morgan fingerprint density at radius 1 is 1.40 bits per heavy atom. The van der Waals surface area contributed by atoms with Crippen LogP contribution in [0.3, 0.4) is 0 Å². The van der Waals surface area contributed by atoms with Crippen LogP contribution in [-0.2, 0) is 4.79 Å². The van der Waals surface area contributed by atoms with Gasteiger partial charge >= 0.3 is 0 Å². The molecule has 54 valence electrons. The van der Waals surface area contributed by atoms with Crippen molar-refractivity contribution >= 4 is 17.3 Å². The number of carbonyl (C=O) groups is 1. The standard InChI is InChI=1S/C4H5N3O3/c8-4-3(7-10)2(6-9)1-5-4/h9-10H,1H2,(H,5,8)/b6-2-,7-3+. The monoisotopic (exact) mass is 143 g/mol. The summed E-state index contributed by atoms with van der Waals surface area (Å²) in [5, 5.41) is 24.0. The molecule has 0 atom stereocenters. The minimum absolute atomic E-state index is 0.0486. The van der Waals surface area contributed by atoms with Gasteiger partial charge in [0, 0.05) is 0 Å². The summed E-state index contributed by atoms with van der Waals surface area (Å²) >= 11 is 0. The van der Waals surface area contributed by atoms with Gasteiger partial charge in [0.15, 0.2) is 5.71 Å². The van der Waals surface area contributed by atoms with Gasteiger partial charge in [-0.15, -0.1) is 0 Å². The molecule has 0 unspecified atom stereocenters. The molecule has 0 radical (unpaired) electrons. The first-order valence-corrected chi connectivity index (χ1v) is 2.51. The number of carbonyl (C=O) groups excluding carboxylic acids is 1. The van der Waals surface area contributed by atoms with Crippen molar-refractivity contribution in [2.24, 2.45) is 10.3 Å². The third-order valence-electron chi connectivity index (χ3n) is 1.13. The molecule has 0 aromatic rings. The second-order valence-corrected chi connectivity index (χ2v) is 1.68. The second kappa shape index (κ2) is 2.34. The molecule has 0 aliphatic carbocycles. The molecule has 1 amide bonds. The lowest BCUT2D eigenvalue weighted by atomic mass is 10.3. The van der Waals surface area contributed by atoms with Gasteiger partial charge in [0.2, 0.25) is 0 Å². The molecule has 0 aromatic heterocycles. The van der Waals surface area contributed by atoms with E-state index in [2.05, 4.69) is 15.6 Å². The van der Waals surface area contributed by atoms with Crippen LogP contribution in [0.25, 0.3) is 0 Å². The lowest BCUT2D eigenvalue weighted by Gasteiger charge is -1.85. The van der Waals surface area contributed by atoms with Crippen molar-refractivity contribution in [1.82, 2.24) is 5.32 Å². The van der Waals surface area contributed by atoms with Crippen LogP contribution in [0, 0.1) is 0 Å². The van der Waals surface area contributed by atoms with E-state index in [4.69, 9.17) is 10.4 Å². The molecule has 1 aliphatic rings. The van der Waals surface area contributed by atoms with Gasteiger partial charge in [-0.2, -0.15) is 0 Å².